The molecule has 1 unspecified atom stereocenters. The van der Waals surface area contributed by atoms with Crippen molar-refractivity contribution in [2.24, 2.45) is 7.05 Å². The highest BCUT2D eigenvalue weighted by atomic mass is 16.2. The van der Waals surface area contributed by atoms with Gasteiger partial charge in [0.1, 0.15) is 11.5 Å². The molecule has 116 valence electrons. The summed E-state index contributed by atoms with van der Waals surface area (Å²) in [5.41, 5.74) is 5.38. The van der Waals surface area contributed by atoms with Crippen LogP contribution in [0.15, 0.2) is 9.59 Å². The standard InChI is InChI=1S/C15H24N4O2/c1-5-8-10-19-13(16)12(14(20)18(4)15(19)21)17-11(7-3)9-6-2/h3,11,17H,5-6,8-10,16H2,1-2,4H3. The van der Waals surface area contributed by atoms with Gasteiger partial charge in [0.05, 0.1) is 6.04 Å². The van der Waals surface area contributed by atoms with Gasteiger partial charge in [-0.25, -0.2) is 4.79 Å². The van der Waals surface area contributed by atoms with Gasteiger partial charge in [0, 0.05) is 13.6 Å². The Morgan fingerprint density at radius 2 is 2.00 bits per heavy atom. The molecule has 1 aromatic rings. The van der Waals surface area contributed by atoms with E-state index in [-0.39, 0.29) is 17.5 Å². The summed E-state index contributed by atoms with van der Waals surface area (Å²) in [6, 6.07) is -0.276. The third kappa shape index (κ3) is 3.69. The second-order valence-corrected chi connectivity index (χ2v) is 5.06. The number of nitrogens with zero attached hydrogens (tertiary/aromatic N) is 2. The minimum atomic E-state index is -0.443. The van der Waals surface area contributed by atoms with Gasteiger partial charge in [0.25, 0.3) is 5.56 Å². The first-order valence-electron chi connectivity index (χ1n) is 7.29. The molecule has 1 rings (SSSR count). The van der Waals surface area contributed by atoms with E-state index < -0.39 is 11.2 Å². The molecule has 0 aliphatic carbocycles. The van der Waals surface area contributed by atoms with Crippen molar-refractivity contribution in [3.05, 3.63) is 20.8 Å². The van der Waals surface area contributed by atoms with Gasteiger partial charge in [-0.1, -0.05) is 32.6 Å². The summed E-state index contributed by atoms with van der Waals surface area (Å²) in [6.07, 6.45) is 8.82. The van der Waals surface area contributed by atoms with E-state index in [1.54, 1.807) is 0 Å². The van der Waals surface area contributed by atoms with Gasteiger partial charge in [-0.15, -0.1) is 6.42 Å². The van der Waals surface area contributed by atoms with E-state index in [9.17, 15) is 9.59 Å². The average molecular weight is 292 g/mol. The molecule has 1 aromatic heterocycles. The summed E-state index contributed by atoms with van der Waals surface area (Å²) in [5.74, 6) is 2.76. The number of hydrogen-bond donors (Lipinski definition) is 2. The first-order chi connectivity index (χ1) is 9.97. The molecule has 1 atom stereocenters. The van der Waals surface area contributed by atoms with Crippen molar-refractivity contribution in [3.63, 3.8) is 0 Å². The van der Waals surface area contributed by atoms with Crippen LogP contribution in [-0.2, 0) is 13.6 Å². The Morgan fingerprint density at radius 1 is 1.33 bits per heavy atom. The van der Waals surface area contributed by atoms with E-state index in [0.29, 0.717) is 6.54 Å². The highest BCUT2D eigenvalue weighted by Crippen LogP contribution is 2.14. The summed E-state index contributed by atoms with van der Waals surface area (Å²) in [6.45, 7) is 4.52. The van der Waals surface area contributed by atoms with Gasteiger partial charge in [0.2, 0.25) is 0 Å². The molecule has 0 amide bonds. The van der Waals surface area contributed by atoms with Crippen LogP contribution in [0.2, 0.25) is 0 Å². The summed E-state index contributed by atoms with van der Waals surface area (Å²) in [7, 11) is 1.45. The summed E-state index contributed by atoms with van der Waals surface area (Å²) < 4.78 is 2.49. The molecule has 6 heteroatoms. The van der Waals surface area contributed by atoms with Crippen LogP contribution in [0.5, 0.6) is 0 Å². The molecule has 0 saturated heterocycles. The highest BCUT2D eigenvalue weighted by molar-refractivity contribution is 5.61. The molecule has 0 aliphatic rings. The maximum absolute atomic E-state index is 12.2. The van der Waals surface area contributed by atoms with E-state index in [1.807, 2.05) is 13.8 Å². The fourth-order valence-electron chi connectivity index (χ4n) is 2.11. The van der Waals surface area contributed by atoms with E-state index in [4.69, 9.17) is 12.2 Å². The van der Waals surface area contributed by atoms with Crippen LogP contribution in [0.4, 0.5) is 11.5 Å². The van der Waals surface area contributed by atoms with Crippen molar-refractivity contribution in [3.8, 4) is 12.3 Å². The first-order valence-corrected chi connectivity index (χ1v) is 7.29. The van der Waals surface area contributed by atoms with Crippen molar-refractivity contribution in [1.82, 2.24) is 9.13 Å². The van der Waals surface area contributed by atoms with Crippen molar-refractivity contribution in [2.75, 3.05) is 11.1 Å². The second-order valence-electron chi connectivity index (χ2n) is 5.06. The molecule has 6 nitrogen and oxygen atoms in total. The Kier molecular flexibility index (Phi) is 6.10. The number of nitrogens with one attached hydrogen (secondary N) is 1. The Labute approximate surface area is 125 Å². The topological polar surface area (TPSA) is 82.0 Å². The Balaban J connectivity index is 3.32. The Morgan fingerprint density at radius 3 is 2.52 bits per heavy atom. The Hall–Kier alpha value is -2.16. The largest absolute Gasteiger partial charge is 0.383 e. The van der Waals surface area contributed by atoms with Crippen LogP contribution < -0.4 is 22.3 Å². The zero-order chi connectivity index (χ0) is 16.0. The predicted molar refractivity (Wildman–Crippen MR) is 86.4 cm³/mol. The molecular formula is C15H24N4O2. The quantitative estimate of drug-likeness (QED) is 0.738. The zero-order valence-electron chi connectivity index (χ0n) is 13.0. The van der Waals surface area contributed by atoms with Crippen molar-refractivity contribution in [2.45, 2.75) is 52.1 Å². The summed E-state index contributed by atoms with van der Waals surface area (Å²) >= 11 is 0. The van der Waals surface area contributed by atoms with E-state index in [2.05, 4.69) is 11.2 Å². The average Bonchev–Trinajstić information content (AvgIpc) is 2.48. The molecule has 0 bridgehead atoms. The highest BCUT2D eigenvalue weighted by Gasteiger charge is 2.17. The normalized spacial score (nSPS) is 11.9. The molecule has 0 saturated carbocycles. The lowest BCUT2D eigenvalue weighted by Crippen LogP contribution is -2.41. The van der Waals surface area contributed by atoms with Crippen LogP contribution >= 0.6 is 0 Å². The molecule has 3 N–H and O–H groups in total. The van der Waals surface area contributed by atoms with E-state index in [1.165, 1.54) is 11.6 Å². The van der Waals surface area contributed by atoms with Crippen molar-refractivity contribution in [1.29, 1.82) is 0 Å². The van der Waals surface area contributed by atoms with E-state index >= 15 is 0 Å². The molecule has 0 fully saturated rings. The number of nitrogens with two attached hydrogens (primary N) is 1. The van der Waals surface area contributed by atoms with E-state index in [0.717, 1.165) is 30.3 Å². The van der Waals surface area contributed by atoms with Crippen LogP contribution in [0.25, 0.3) is 0 Å². The number of nitrogen functional groups attached to an aromatic ring is 1. The summed E-state index contributed by atoms with van der Waals surface area (Å²) in [4.78, 5) is 24.4. The third-order valence-corrected chi connectivity index (χ3v) is 3.42. The maximum atomic E-state index is 12.2. The zero-order valence-corrected chi connectivity index (χ0v) is 13.0. The number of anilines is 2. The van der Waals surface area contributed by atoms with Crippen molar-refractivity contribution >= 4 is 11.5 Å². The lowest BCUT2D eigenvalue weighted by atomic mass is 10.2. The minimum Gasteiger partial charge on any atom is -0.383 e. The van der Waals surface area contributed by atoms with Crippen molar-refractivity contribution < 1.29 is 0 Å². The van der Waals surface area contributed by atoms with Gasteiger partial charge in [-0.2, -0.15) is 0 Å². The van der Waals surface area contributed by atoms with Crippen LogP contribution in [0.1, 0.15) is 39.5 Å². The van der Waals surface area contributed by atoms with Gasteiger partial charge in [0.15, 0.2) is 0 Å². The molecule has 0 radical (unpaired) electrons. The maximum Gasteiger partial charge on any atom is 0.332 e. The molecular weight excluding hydrogens is 268 g/mol. The number of terminal acetylenes is 1. The SMILES string of the molecule is C#CC(CCC)Nc1c(N)n(CCCC)c(=O)n(C)c1=O. The van der Waals surface area contributed by atoms with Crippen LogP contribution in [0, 0.1) is 12.3 Å². The minimum absolute atomic E-state index is 0.160. The lowest BCUT2D eigenvalue weighted by Gasteiger charge is -2.18. The first kappa shape index (κ1) is 16.9. The molecule has 0 aromatic carbocycles. The molecule has 1 heterocycles. The number of unbranched alkanes of at least 4 members (excludes halogenated alkanes) is 1. The van der Waals surface area contributed by atoms with Crippen LogP contribution in [-0.4, -0.2) is 15.2 Å². The van der Waals surface area contributed by atoms with Gasteiger partial charge in [-0.3, -0.25) is 13.9 Å². The Bertz CT molecular complexity index is 637. The fraction of sp³-hybridized carbons (Fsp3) is 0.600. The fourth-order valence-corrected chi connectivity index (χ4v) is 2.11. The van der Waals surface area contributed by atoms with Crippen LogP contribution in [0.3, 0.4) is 0 Å². The second kappa shape index (κ2) is 7.58. The monoisotopic (exact) mass is 292 g/mol. The molecule has 0 spiro atoms. The summed E-state index contributed by atoms with van der Waals surface area (Å²) in [5, 5.41) is 3.00. The number of aromatic nitrogens is 2. The molecule has 21 heavy (non-hydrogen) atoms. The van der Waals surface area contributed by atoms with Gasteiger partial charge in [-0.05, 0) is 12.8 Å². The molecule has 0 aliphatic heterocycles. The smallest absolute Gasteiger partial charge is 0.332 e. The number of hydrogen-bond acceptors (Lipinski definition) is 4. The third-order valence-electron chi connectivity index (χ3n) is 3.42. The lowest BCUT2D eigenvalue weighted by molar-refractivity contribution is 0.574. The van der Waals surface area contributed by atoms with Gasteiger partial charge < -0.3 is 11.1 Å². The predicted octanol–water partition coefficient (Wildman–Crippen LogP) is 1.14. The number of rotatable bonds is 7. The van der Waals surface area contributed by atoms with Gasteiger partial charge >= 0.3 is 5.69 Å².